The molecule has 1 N–H and O–H groups in total. The molecule has 2 heteroatoms. The van der Waals surface area contributed by atoms with Crippen LogP contribution in [0.25, 0.3) is 0 Å². The highest BCUT2D eigenvalue weighted by atomic mass is 15.1. The van der Waals surface area contributed by atoms with Crippen molar-refractivity contribution in [1.29, 1.82) is 0 Å². The van der Waals surface area contributed by atoms with Crippen LogP contribution in [-0.4, -0.2) is 27.2 Å². The molecule has 0 bridgehead atoms. The summed E-state index contributed by atoms with van der Waals surface area (Å²) in [6, 6.07) is 11.1. The maximum atomic E-state index is 3.12. The van der Waals surface area contributed by atoms with Gasteiger partial charge in [-0.15, -0.1) is 0 Å². The molecule has 0 saturated carbocycles. The number of anilines is 1. The number of hydrogen-bond donors (Lipinski definition) is 1. The van der Waals surface area contributed by atoms with Crippen LogP contribution in [0.1, 0.15) is 0 Å². The molecule has 12 heavy (non-hydrogen) atoms. The molecule has 0 amide bonds. The van der Waals surface area contributed by atoms with Crippen LogP contribution in [0.5, 0.6) is 0 Å². The van der Waals surface area contributed by atoms with E-state index in [1.807, 2.05) is 25.2 Å². The molecule has 0 fully saturated rings. The topological polar surface area (TPSA) is 15.3 Å². The van der Waals surface area contributed by atoms with Crippen molar-refractivity contribution >= 4 is 5.69 Å². The number of likely N-dealkylation sites (N-methyl/N-ethyl adjacent to an activating group) is 2. The van der Waals surface area contributed by atoms with E-state index in [2.05, 4.69) is 29.4 Å². The van der Waals surface area contributed by atoms with Crippen LogP contribution in [0.15, 0.2) is 24.3 Å². The SMILES string of the molecule is CNCCN(C)c1c[c]ccc1. The highest BCUT2D eigenvalue weighted by Gasteiger charge is 1.96. The summed E-state index contributed by atoms with van der Waals surface area (Å²) in [5, 5.41) is 3.12. The molecule has 1 rings (SSSR count). The lowest BCUT2D eigenvalue weighted by atomic mass is 10.3. The van der Waals surface area contributed by atoms with Gasteiger partial charge in [0.2, 0.25) is 0 Å². The van der Waals surface area contributed by atoms with E-state index in [9.17, 15) is 0 Å². The minimum absolute atomic E-state index is 1.01. The predicted octanol–water partition coefficient (Wildman–Crippen LogP) is 1.14. The van der Waals surface area contributed by atoms with E-state index in [0.29, 0.717) is 0 Å². The van der Waals surface area contributed by atoms with Crippen molar-refractivity contribution in [3.63, 3.8) is 0 Å². The third-order valence-electron chi connectivity index (χ3n) is 1.83. The summed E-state index contributed by atoms with van der Waals surface area (Å²) in [7, 11) is 4.05. The second-order valence-corrected chi connectivity index (χ2v) is 2.79. The second-order valence-electron chi connectivity index (χ2n) is 2.79. The van der Waals surface area contributed by atoms with Crippen molar-refractivity contribution < 1.29 is 0 Å². The maximum absolute atomic E-state index is 3.12. The van der Waals surface area contributed by atoms with E-state index in [0.717, 1.165) is 13.1 Å². The Kier molecular flexibility index (Phi) is 3.61. The lowest BCUT2D eigenvalue weighted by Gasteiger charge is -2.18. The van der Waals surface area contributed by atoms with Gasteiger partial charge in [0.25, 0.3) is 0 Å². The summed E-state index contributed by atoms with van der Waals surface area (Å²) in [6.07, 6.45) is 0. The van der Waals surface area contributed by atoms with Gasteiger partial charge in [0, 0.05) is 25.8 Å². The lowest BCUT2D eigenvalue weighted by molar-refractivity contribution is 0.768. The summed E-state index contributed by atoms with van der Waals surface area (Å²) in [4.78, 5) is 2.20. The molecule has 0 aliphatic rings. The number of nitrogens with zero attached hydrogens (tertiary/aromatic N) is 1. The fourth-order valence-electron chi connectivity index (χ4n) is 1.03. The Morgan fingerprint density at radius 3 is 3.00 bits per heavy atom. The van der Waals surface area contributed by atoms with Crippen molar-refractivity contribution in [1.82, 2.24) is 5.32 Å². The Hall–Kier alpha value is -1.02. The minimum atomic E-state index is 1.01. The summed E-state index contributed by atoms with van der Waals surface area (Å²) >= 11 is 0. The van der Waals surface area contributed by atoms with Gasteiger partial charge in [-0.05, 0) is 25.2 Å². The molecule has 0 aliphatic heterocycles. The molecule has 0 unspecified atom stereocenters. The van der Waals surface area contributed by atoms with Crippen LogP contribution in [0.4, 0.5) is 5.69 Å². The molecule has 1 radical (unpaired) electrons. The molecule has 0 aromatic heterocycles. The molecule has 0 spiro atoms. The van der Waals surface area contributed by atoms with E-state index >= 15 is 0 Å². The minimum Gasteiger partial charge on any atom is -0.373 e. The van der Waals surface area contributed by atoms with Gasteiger partial charge >= 0.3 is 0 Å². The maximum Gasteiger partial charge on any atom is 0.0370 e. The number of hydrogen-bond acceptors (Lipinski definition) is 2. The number of rotatable bonds is 4. The zero-order valence-electron chi connectivity index (χ0n) is 7.67. The molecular weight excluding hydrogens is 148 g/mol. The zero-order valence-corrected chi connectivity index (χ0v) is 7.67. The van der Waals surface area contributed by atoms with Gasteiger partial charge in [0.15, 0.2) is 0 Å². The van der Waals surface area contributed by atoms with E-state index in [1.54, 1.807) is 0 Å². The van der Waals surface area contributed by atoms with Crippen LogP contribution in [0.3, 0.4) is 0 Å². The van der Waals surface area contributed by atoms with Gasteiger partial charge < -0.3 is 10.2 Å². The van der Waals surface area contributed by atoms with Crippen LogP contribution < -0.4 is 10.2 Å². The van der Waals surface area contributed by atoms with Gasteiger partial charge in [-0.25, -0.2) is 0 Å². The zero-order chi connectivity index (χ0) is 8.81. The van der Waals surface area contributed by atoms with Crippen molar-refractivity contribution in [2.24, 2.45) is 0 Å². The Balaban J connectivity index is 2.48. The molecule has 1 aromatic carbocycles. The van der Waals surface area contributed by atoms with Crippen LogP contribution in [-0.2, 0) is 0 Å². The van der Waals surface area contributed by atoms with Crippen molar-refractivity contribution in [2.45, 2.75) is 0 Å². The Morgan fingerprint density at radius 2 is 2.42 bits per heavy atom. The first-order valence-electron chi connectivity index (χ1n) is 4.16. The highest BCUT2D eigenvalue weighted by molar-refractivity contribution is 5.44. The number of nitrogens with one attached hydrogen (secondary N) is 1. The fourth-order valence-corrected chi connectivity index (χ4v) is 1.03. The molecule has 65 valence electrons. The predicted molar refractivity (Wildman–Crippen MR) is 52.5 cm³/mol. The van der Waals surface area contributed by atoms with Gasteiger partial charge in [-0.3, -0.25) is 0 Å². The van der Waals surface area contributed by atoms with Crippen LogP contribution in [0, 0.1) is 6.07 Å². The quantitative estimate of drug-likeness (QED) is 0.716. The molecular formula is C10H15N2. The molecule has 0 heterocycles. The van der Waals surface area contributed by atoms with E-state index in [4.69, 9.17) is 0 Å². The van der Waals surface area contributed by atoms with Gasteiger partial charge in [0.05, 0.1) is 0 Å². The monoisotopic (exact) mass is 163 g/mol. The van der Waals surface area contributed by atoms with Crippen LogP contribution >= 0.6 is 0 Å². The average molecular weight is 163 g/mol. The standard InChI is InChI=1S/C10H15N2/c1-11-8-9-12(2)10-6-4-3-5-7-10/h3-4,6-7,11H,8-9H2,1-2H3. The largest absolute Gasteiger partial charge is 0.373 e. The van der Waals surface area contributed by atoms with Crippen molar-refractivity contribution in [2.75, 3.05) is 32.1 Å². The first kappa shape index (κ1) is 9.07. The van der Waals surface area contributed by atoms with Crippen LogP contribution in [0.2, 0.25) is 0 Å². The van der Waals surface area contributed by atoms with E-state index < -0.39 is 0 Å². The van der Waals surface area contributed by atoms with Gasteiger partial charge in [-0.1, -0.05) is 12.1 Å². The van der Waals surface area contributed by atoms with Crippen molar-refractivity contribution in [3.05, 3.63) is 30.3 Å². The lowest BCUT2D eigenvalue weighted by Crippen LogP contribution is -2.26. The summed E-state index contributed by atoms with van der Waals surface area (Å²) in [5.74, 6) is 0. The molecule has 0 aliphatic carbocycles. The average Bonchev–Trinajstić information content (AvgIpc) is 2.15. The summed E-state index contributed by atoms with van der Waals surface area (Å²) in [6.45, 7) is 2.03. The van der Waals surface area contributed by atoms with Gasteiger partial charge in [-0.2, -0.15) is 0 Å². The Morgan fingerprint density at radius 1 is 1.58 bits per heavy atom. The van der Waals surface area contributed by atoms with Gasteiger partial charge in [0.1, 0.15) is 0 Å². The number of benzene rings is 1. The first-order valence-corrected chi connectivity index (χ1v) is 4.16. The molecule has 1 aromatic rings. The molecule has 0 atom stereocenters. The smallest absolute Gasteiger partial charge is 0.0370 e. The highest BCUT2D eigenvalue weighted by Crippen LogP contribution is 2.08. The molecule has 0 saturated heterocycles. The Bertz CT molecular complexity index is 208. The normalized spacial score (nSPS) is 9.83. The first-order chi connectivity index (χ1) is 5.84. The second kappa shape index (κ2) is 4.78. The summed E-state index contributed by atoms with van der Waals surface area (Å²) in [5.41, 5.74) is 1.22. The molecule has 2 nitrogen and oxygen atoms in total. The summed E-state index contributed by atoms with van der Waals surface area (Å²) < 4.78 is 0. The van der Waals surface area contributed by atoms with Crippen molar-refractivity contribution in [3.8, 4) is 0 Å². The Labute approximate surface area is 74.2 Å². The third-order valence-corrected chi connectivity index (χ3v) is 1.83. The third kappa shape index (κ3) is 2.55. The fraction of sp³-hybridized carbons (Fsp3) is 0.400. The van der Waals surface area contributed by atoms with E-state index in [1.165, 1.54) is 5.69 Å². The van der Waals surface area contributed by atoms with E-state index in [-0.39, 0.29) is 0 Å².